The van der Waals surface area contributed by atoms with E-state index in [1.54, 1.807) is 0 Å². The standard InChI is InChI=1S/C14H26O/c1-6-9-14(15)12(2,3)10-7-8-11-13(14,4)5/h6,15H,1,7-11H2,2-5H3. The lowest BCUT2D eigenvalue weighted by atomic mass is 9.59. The van der Waals surface area contributed by atoms with Crippen molar-refractivity contribution >= 4 is 0 Å². The van der Waals surface area contributed by atoms with Gasteiger partial charge < -0.3 is 5.11 Å². The summed E-state index contributed by atoms with van der Waals surface area (Å²) in [4.78, 5) is 0. The van der Waals surface area contributed by atoms with E-state index in [9.17, 15) is 5.11 Å². The van der Waals surface area contributed by atoms with Crippen molar-refractivity contribution in [2.75, 3.05) is 0 Å². The zero-order valence-electron chi connectivity index (χ0n) is 10.8. The maximum atomic E-state index is 11.0. The van der Waals surface area contributed by atoms with Gasteiger partial charge in [-0.2, -0.15) is 0 Å². The van der Waals surface area contributed by atoms with E-state index in [0.717, 1.165) is 12.8 Å². The number of hydrogen-bond acceptors (Lipinski definition) is 1. The van der Waals surface area contributed by atoms with Crippen LogP contribution in [-0.4, -0.2) is 10.7 Å². The Kier molecular flexibility index (Phi) is 3.35. The van der Waals surface area contributed by atoms with Gasteiger partial charge in [-0.3, -0.25) is 0 Å². The van der Waals surface area contributed by atoms with Crippen LogP contribution in [0.5, 0.6) is 0 Å². The Labute approximate surface area is 94.6 Å². The van der Waals surface area contributed by atoms with Crippen LogP contribution < -0.4 is 0 Å². The Balaban J connectivity index is 3.13. The van der Waals surface area contributed by atoms with Crippen molar-refractivity contribution in [3.05, 3.63) is 12.7 Å². The minimum absolute atomic E-state index is 0.0127. The van der Waals surface area contributed by atoms with E-state index in [1.807, 2.05) is 6.08 Å². The second-order valence-corrected chi connectivity index (χ2v) is 6.33. The predicted octanol–water partition coefficient (Wildman–Crippen LogP) is 3.92. The first-order chi connectivity index (χ1) is 6.77. The highest BCUT2D eigenvalue weighted by Gasteiger charge is 2.53. The summed E-state index contributed by atoms with van der Waals surface area (Å²) in [6.45, 7) is 12.6. The van der Waals surface area contributed by atoms with Gasteiger partial charge in [0.15, 0.2) is 0 Å². The van der Waals surface area contributed by atoms with Crippen molar-refractivity contribution in [1.82, 2.24) is 0 Å². The molecule has 1 nitrogen and oxygen atoms in total. The minimum Gasteiger partial charge on any atom is -0.388 e. The van der Waals surface area contributed by atoms with E-state index in [4.69, 9.17) is 0 Å². The van der Waals surface area contributed by atoms with Crippen LogP contribution in [0.3, 0.4) is 0 Å². The fourth-order valence-corrected chi connectivity index (χ4v) is 3.22. The molecular formula is C14H26O. The molecule has 1 heteroatoms. The van der Waals surface area contributed by atoms with E-state index in [2.05, 4.69) is 34.3 Å². The zero-order valence-corrected chi connectivity index (χ0v) is 10.8. The maximum Gasteiger partial charge on any atom is 0.0783 e. The third-order valence-electron chi connectivity index (χ3n) is 4.53. The molecule has 0 bridgehead atoms. The molecule has 0 spiro atoms. The Morgan fingerprint density at radius 1 is 1.07 bits per heavy atom. The van der Waals surface area contributed by atoms with Crippen LogP contribution in [0.15, 0.2) is 12.7 Å². The Morgan fingerprint density at radius 3 is 1.80 bits per heavy atom. The van der Waals surface area contributed by atoms with Crippen LogP contribution in [0, 0.1) is 10.8 Å². The lowest BCUT2D eigenvalue weighted by Gasteiger charge is -2.51. The first kappa shape index (κ1) is 12.8. The molecule has 0 unspecified atom stereocenters. The molecule has 15 heavy (non-hydrogen) atoms. The summed E-state index contributed by atoms with van der Waals surface area (Å²) in [5.41, 5.74) is -0.638. The van der Waals surface area contributed by atoms with Crippen LogP contribution in [-0.2, 0) is 0 Å². The van der Waals surface area contributed by atoms with Crippen molar-refractivity contribution < 1.29 is 5.11 Å². The molecule has 0 heterocycles. The van der Waals surface area contributed by atoms with Gasteiger partial charge >= 0.3 is 0 Å². The number of hydrogen-bond donors (Lipinski definition) is 1. The molecule has 1 fully saturated rings. The lowest BCUT2D eigenvalue weighted by Crippen LogP contribution is -2.54. The zero-order chi connectivity index (χ0) is 11.7. The molecule has 0 aromatic carbocycles. The molecule has 1 aliphatic rings. The second-order valence-electron chi connectivity index (χ2n) is 6.33. The van der Waals surface area contributed by atoms with E-state index < -0.39 is 5.60 Å². The number of rotatable bonds is 2. The molecule has 0 aromatic heterocycles. The van der Waals surface area contributed by atoms with Crippen LogP contribution in [0.1, 0.15) is 59.8 Å². The second kappa shape index (κ2) is 3.93. The SMILES string of the molecule is C=CCC1(O)C(C)(C)CCCCC1(C)C. The van der Waals surface area contributed by atoms with Gasteiger partial charge in [-0.05, 0) is 30.1 Å². The Hall–Kier alpha value is -0.300. The van der Waals surface area contributed by atoms with Crippen molar-refractivity contribution in [3.63, 3.8) is 0 Å². The molecule has 0 radical (unpaired) electrons. The molecule has 0 amide bonds. The van der Waals surface area contributed by atoms with Crippen LogP contribution >= 0.6 is 0 Å². The molecule has 0 atom stereocenters. The fourth-order valence-electron chi connectivity index (χ4n) is 3.22. The van der Waals surface area contributed by atoms with E-state index >= 15 is 0 Å². The van der Waals surface area contributed by atoms with Gasteiger partial charge in [-0.25, -0.2) is 0 Å². The summed E-state index contributed by atoms with van der Waals surface area (Å²) in [5, 5.41) is 11.0. The van der Waals surface area contributed by atoms with E-state index in [0.29, 0.717) is 6.42 Å². The van der Waals surface area contributed by atoms with Crippen molar-refractivity contribution in [2.45, 2.75) is 65.4 Å². The molecule has 1 saturated carbocycles. The third-order valence-corrected chi connectivity index (χ3v) is 4.53. The van der Waals surface area contributed by atoms with E-state index in [-0.39, 0.29) is 10.8 Å². The summed E-state index contributed by atoms with van der Waals surface area (Å²) < 4.78 is 0. The van der Waals surface area contributed by atoms with Gasteiger partial charge in [0.1, 0.15) is 0 Å². The Morgan fingerprint density at radius 2 is 1.47 bits per heavy atom. The summed E-state index contributed by atoms with van der Waals surface area (Å²) in [6.07, 6.45) is 7.26. The quantitative estimate of drug-likeness (QED) is 0.541. The summed E-state index contributed by atoms with van der Waals surface area (Å²) >= 11 is 0. The smallest absolute Gasteiger partial charge is 0.0783 e. The molecule has 0 saturated heterocycles. The predicted molar refractivity (Wildman–Crippen MR) is 65.8 cm³/mol. The topological polar surface area (TPSA) is 20.2 Å². The van der Waals surface area contributed by atoms with E-state index in [1.165, 1.54) is 12.8 Å². The minimum atomic E-state index is -0.613. The van der Waals surface area contributed by atoms with Crippen LogP contribution in [0.25, 0.3) is 0 Å². The first-order valence-corrected chi connectivity index (χ1v) is 6.10. The van der Waals surface area contributed by atoms with Gasteiger partial charge in [0.25, 0.3) is 0 Å². The molecule has 1 N–H and O–H groups in total. The summed E-state index contributed by atoms with van der Waals surface area (Å²) in [5.74, 6) is 0. The van der Waals surface area contributed by atoms with Crippen molar-refractivity contribution in [1.29, 1.82) is 0 Å². The molecule has 0 aromatic rings. The monoisotopic (exact) mass is 210 g/mol. The molecule has 88 valence electrons. The van der Waals surface area contributed by atoms with Crippen LogP contribution in [0.4, 0.5) is 0 Å². The highest BCUT2D eigenvalue weighted by Crippen LogP contribution is 2.53. The first-order valence-electron chi connectivity index (χ1n) is 6.10. The van der Waals surface area contributed by atoms with Gasteiger partial charge in [-0.15, -0.1) is 6.58 Å². The lowest BCUT2D eigenvalue weighted by molar-refractivity contribution is -0.145. The van der Waals surface area contributed by atoms with Gasteiger partial charge in [0.2, 0.25) is 0 Å². The molecule has 0 aliphatic heterocycles. The average Bonchev–Trinajstić information content (AvgIpc) is 2.18. The van der Waals surface area contributed by atoms with Gasteiger partial charge in [0.05, 0.1) is 5.60 Å². The molecule has 1 rings (SSSR count). The largest absolute Gasteiger partial charge is 0.388 e. The molecule has 1 aliphatic carbocycles. The van der Waals surface area contributed by atoms with Crippen LogP contribution in [0.2, 0.25) is 0 Å². The summed E-state index contributed by atoms with van der Waals surface area (Å²) in [6, 6.07) is 0. The molecular weight excluding hydrogens is 184 g/mol. The van der Waals surface area contributed by atoms with Crippen molar-refractivity contribution in [3.8, 4) is 0 Å². The average molecular weight is 210 g/mol. The normalized spacial score (nSPS) is 28.1. The highest BCUT2D eigenvalue weighted by atomic mass is 16.3. The maximum absolute atomic E-state index is 11.0. The van der Waals surface area contributed by atoms with Crippen molar-refractivity contribution in [2.24, 2.45) is 10.8 Å². The number of aliphatic hydroxyl groups is 1. The van der Waals surface area contributed by atoms with Gasteiger partial charge in [0, 0.05) is 0 Å². The van der Waals surface area contributed by atoms with Gasteiger partial charge in [-0.1, -0.05) is 46.6 Å². The summed E-state index contributed by atoms with van der Waals surface area (Å²) in [7, 11) is 0. The highest BCUT2D eigenvalue weighted by molar-refractivity contribution is 5.07. The fraction of sp³-hybridized carbons (Fsp3) is 0.857. The third kappa shape index (κ3) is 1.99. The Bertz CT molecular complexity index is 220.